The van der Waals surface area contributed by atoms with Crippen molar-refractivity contribution < 1.29 is 4.92 Å². The van der Waals surface area contributed by atoms with E-state index in [-0.39, 0.29) is 10.6 Å². The minimum absolute atomic E-state index is 0.190. The van der Waals surface area contributed by atoms with E-state index in [0.29, 0.717) is 12.6 Å². The zero-order valence-electron chi connectivity index (χ0n) is 10.2. The van der Waals surface area contributed by atoms with Crippen LogP contribution in [0.4, 0.5) is 5.69 Å². The molecule has 1 saturated heterocycles. The molecule has 1 atom stereocenters. The van der Waals surface area contributed by atoms with Crippen molar-refractivity contribution in [1.82, 2.24) is 10.2 Å². The molecule has 2 rings (SSSR count). The van der Waals surface area contributed by atoms with Gasteiger partial charge >= 0.3 is 0 Å². The van der Waals surface area contributed by atoms with E-state index in [0.717, 1.165) is 29.7 Å². The molecule has 98 valence electrons. The molecule has 1 aliphatic heterocycles. The van der Waals surface area contributed by atoms with Crippen LogP contribution in [-0.2, 0) is 6.54 Å². The van der Waals surface area contributed by atoms with Gasteiger partial charge in [0.1, 0.15) is 0 Å². The SMILES string of the molecule is C[C@H]1CNCCN1Cc1ccc(Br)cc1[N+](=O)[O-]. The first-order chi connectivity index (χ1) is 8.58. The minimum atomic E-state index is -0.313. The van der Waals surface area contributed by atoms with Crippen molar-refractivity contribution in [2.45, 2.75) is 19.5 Å². The van der Waals surface area contributed by atoms with Crippen molar-refractivity contribution in [2.24, 2.45) is 0 Å². The summed E-state index contributed by atoms with van der Waals surface area (Å²) in [6, 6.07) is 5.66. The van der Waals surface area contributed by atoms with Crippen LogP contribution in [0, 0.1) is 10.1 Å². The van der Waals surface area contributed by atoms with E-state index in [1.807, 2.05) is 12.1 Å². The van der Waals surface area contributed by atoms with Crippen molar-refractivity contribution in [3.8, 4) is 0 Å². The lowest BCUT2D eigenvalue weighted by Crippen LogP contribution is -2.49. The number of hydrogen-bond acceptors (Lipinski definition) is 4. The molecule has 6 heteroatoms. The van der Waals surface area contributed by atoms with Crippen molar-refractivity contribution in [3.05, 3.63) is 38.3 Å². The fraction of sp³-hybridized carbons (Fsp3) is 0.500. The Labute approximate surface area is 114 Å². The zero-order chi connectivity index (χ0) is 13.1. The van der Waals surface area contributed by atoms with Gasteiger partial charge in [0.2, 0.25) is 0 Å². The van der Waals surface area contributed by atoms with Crippen LogP contribution in [-0.4, -0.2) is 35.5 Å². The lowest BCUT2D eigenvalue weighted by atomic mass is 10.1. The molecule has 1 fully saturated rings. The second kappa shape index (κ2) is 5.77. The predicted molar refractivity (Wildman–Crippen MR) is 73.5 cm³/mol. The average Bonchev–Trinajstić information content (AvgIpc) is 2.34. The highest BCUT2D eigenvalue weighted by molar-refractivity contribution is 9.10. The summed E-state index contributed by atoms with van der Waals surface area (Å²) < 4.78 is 0.742. The number of nitrogens with one attached hydrogen (secondary N) is 1. The van der Waals surface area contributed by atoms with E-state index in [2.05, 4.69) is 33.1 Å². The Balaban J connectivity index is 2.20. The smallest absolute Gasteiger partial charge is 0.275 e. The summed E-state index contributed by atoms with van der Waals surface area (Å²) in [7, 11) is 0. The number of piperazine rings is 1. The first-order valence-corrected chi connectivity index (χ1v) is 6.75. The van der Waals surface area contributed by atoms with E-state index in [1.54, 1.807) is 6.07 Å². The molecule has 1 aliphatic rings. The molecule has 0 unspecified atom stereocenters. The standard InChI is InChI=1S/C12H16BrN3O2/c1-9-7-14-4-5-15(9)8-10-2-3-11(13)6-12(10)16(17)18/h2-3,6,9,14H,4-5,7-8H2,1H3/t9-/m0/s1. The topological polar surface area (TPSA) is 58.4 Å². The van der Waals surface area contributed by atoms with Gasteiger partial charge in [-0.2, -0.15) is 0 Å². The number of nitro groups is 1. The molecule has 0 bridgehead atoms. The van der Waals surface area contributed by atoms with Gasteiger partial charge in [0.05, 0.1) is 4.92 Å². The summed E-state index contributed by atoms with van der Waals surface area (Å²) >= 11 is 3.27. The van der Waals surface area contributed by atoms with E-state index < -0.39 is 0 Å². The Morgan fingerprint density at radius 3 is 3.06 bits per heavy atom. The maximum Gasteiger partial charge on any atom is 0.275 e. The lowest BCUT2D eigenvalue weighted by molar-refractivity contribution is -0.385. The van der Waals surface area contributed by atoms with Crippen molar-refractivity contribution in [1.29, 1.82) is 0 Å². The molecule has 18 heavy (non-hydrogen) atoms. The van der Waals surface area contributed by atoms with Crippen molar-refractivity contribution >= 4 is 21.6 Å². The van der Waals surface area contributed by atoms with Gasteiger partial charge in [0, 0.05) is 48.3 Å². The summed E-state index contributed by atoms with van der Waals surface area (Å²) in [5.41, 5.74) is 0.965. The van der Waals surface area contributed by atoms with Gasteiger partial charge < -0.3 is 5.32 Å². The quantitative estimate of drug-likeness (QED) is 0.686. The number of nitro benzene ring substituents is 1. The number of nitrogens with zero attached hydrogens (tertiary/aromatic N) is 2. The Hall–Kier alpha value is -0.980. The number of benzene rings is 1. The summed E-state index contributed by atoms with van der Waals surface area (Å²) in [5, 5.41) is 14.4. The fourth-order valence-corrected chi connectivity index (χ4v) is 2.53. The van der Waals surface area contributed by atoms with E-state index >= 15 is 0 Å². The second-order valence-corrected chi connectivity index (χ2v) is 5.47. The molecule has 0 radical (unpaired) electrons. The van der Waals surface area contributed by atoms with Gasteiger partial charge in [0.25, 0.3) is 5.69 Å². The van der Waals surface area contributed by atoms with Crippen molar-refractivity contribution in [3.63, 3.8) is 0 Å². The number of halogens is 1. The van der Waals surface area contributed by atoms with Crippen LogP contribution in [0.1, 0.15) is 12.5 Å². The molecule has 0 spiro atoms. The molecular weight excluding hydrogens is 298 g/mol. The summed E-state index contributed by atoms with van der Waals surface area (Å²) in [6.07, 6.45) is 0. The average molecular weight is 314 g/mol. The minimum Gasteiger partial charge on any atom is -0.314 e. The predicted octanol–water partition coefficient (Wildman–Crippen LogP) is 2.15. The molecule has 1 aromatic carbocycles. The Morgan fingerprint density at radius 2 is 2.39 bits per heavy atom. The largest absolute Gasteiger partial charge is 0.314 e. The van der Waals surface area contributed by atoms with E-state index in [1.165, 1.54) is 0 Å². The molecular formula is C12H16BrN3O2. The molecule has 0 aromatic heterocycles. The highest BCUT2D eigenvalue weighted by Crippen LogP contribution is 2.25. The van der Waals surface area contributed by atoms with Gasteiger partial charge in [0.15, 0.2) is 0 Å². The van der Waals surface area contributed by atoms with Crippen LogP contribution < -0.4 is 5.32 Å². The third-order valence-corrected chi connectivity index (χ3v) is 3.75. The number of rotatable bonds is 3. The van der Waals surface area contributed by atoms with Crippen molar-refractivity contribution in [2.75, 3.05) is 19.6 Å². The first kappa shape index (κ1) is 13.5. The second-order valence-electron chi connectivity index (χ2n) is 4.55. The maximum absolute atomic E-state index is 11.1. The molecule has 1 aromatic rings. The highest BCUT2D eigenvalue weighted by atomic mass is 79.9. The van der Waals surface area contributed by atoms with Gasteiger partial charge in [-0.1, -0.05) is 15.9 Å². The van der Waals surface area contributed by atoms with Crippen LogP contribution in [0.3, 0.4) is 0 Å². The first-order valence-electron chi connectivity index (χ1n) is 5.95. The third-order valence-electron chi connectivity index (χ3n) is 3.26. The highest BCUT2D eigenvalue weighted by Gasteiger charge is 2.22. The van der Waals surface area contributed by atoms with E-state index in [4.69, 9.17) is 0 Å². The molecule has 0 saturated carbocycles. The van der Waals surface area contributed by atoms with Crippen LogP contribution in [0.2, 0.25) is 0 Å². The summed E-state index contributed by atoms with van der Waals surface area (Å²) in [6.45, 7) is 5.57. The third kappa shape index (κ3) is 3.07. The van der Waals surface area contributed by atoms with Crippen LogP contribution >= 0.6 is 15.9 Å². The van der Waals surface area contributed by atoms with Gasteiger partial charge in [-0.05, 0) is 19.1 Å². The van der Waals surface area contributed by atoms with Gasteiger partial charge in [-0.15, -0.1) is 0 Å². The van der Waals surface area contributed by atoms with Gasteiger partial charge in [-0.3, -0.25) is 15.0 Å². The Kier molecular flexibility index (Phi) is 4.31. The normalized spacial score (nSPS) is 20.9. The molecule has 0 aliphatic carbocycles. The summed E-state index contributed by atoms with van der Waals surface area (Å²) in [5.74, 6) is 0. The fourth-order valence-electron chi connectivity index (χ4n) is 2.18. The monoisotopic (exact) mass is 313 g/mol. The summed E-state index contributed by atoms with van der Waals surface area (Å²) in [4.78, 5) is 13.0. The lowest BCUT2D eigenvalue weighted by Gasteiger charge is -2.33. The van der Waals surface area contributed by atoms with E-state index in [9.17, 15) is 10.1 Å². The van der Waals surface area contributed by atoms with Gasteiger partial charge in [-0.25, -0.2) is 0 Å². The molecule has 5 nitrogen and oxygen atoms in total. The number of hydrogen-bond donors (Lipinski definition) is 1. The Bertz CT molecular complexity index is 453. The van der Waals surface area contributed by atoms with Crippen LogP contribution in [0.25, 0.3) is 0 Å². The molecule has 1 heterocycles. The molecule has 0 amide bonds. The van der Waals surface area contributed by atoms with Crippen LogP contribution in [0.15, 0.2) is 22.7 Å². The Morgan fingerprint density at radius 1 is 1.61 bits per heavy atom. The maximum atomic E-state index is 11.1. The van der Waals surface area contributed by atoms with Crippen LogP contribution in [0.5, 0.6) is 0 Å². The molecule has 1 N–H and O–H groups in total. The zero-order valence-corrected chi connectivity index (χ0v) is 11.8.